The minimum absolute atomic E-state index is 0.0473. The first-order valence-corrected chi connectivity index (χ1v) is 8.99. The highest BCUT2D eigenvalue weighted by Crippen LogP contribution is 2.64. The SMILES string of the molecule is C[C@]12C=CC(=O)C=C1[C@@H](CO)C[C@@H]1[C@@H]2CC[C@]2(C)C(=O)CC[C@@H]12. The maximum atomic E-state index is 12.4. The number of carbonyl (C=O) groups excluding carboxylic acids is 2. The number of carbonyl (C=O) groups is 2. The molecule has 4 aliphatic carbocycles. The maximum absolute atomic E-state index is 12.4. The molecule has 3 saturated carbocycles. The standard InChI is InChI=1S/C20H26O3/c1-19-7-5-13(22)10-17(19)12(11-21)9-14-15-3-4-18(23)20(15,2)8-6-16(14)19/h5,7,10,12,14-16,21H,3-4,6,8-9,11H2,1-2H3/t12-,14+,15+,16+,19-,20+/m1/s1. The zero-order valence-electron chi connectivity index (χ0n) is 14.0. The van der Waals surface area contributed by atoms with Gasteiger partial charge in [0.25, 0.3) is 0 Å². The lowest BCUT2D eigenvalue weighted by atomic mass is 9.46. The van der Waals surface area contributed by atoms with Crippen molar-refractivity contribution in [3.63, 3.8) is 0 Å². The second kappa shape index (κ2) is 4.89. The molecule has 3 heteroatoms. The Morgan fingerprint density at radius 3 is 2.74 bits per heavy atom. The van der Waals surface area contributed by atoms with Crippen molar-refractivity contribution in [2.24, 2.45) is 34.5 Å². The van der Waals surface area contributed by atoms with Gasteiger partial charge in [0.05, 0.1) is 0 Å². The molecule has 1 N–H and O–H groups in total. The molecular formula is C20H26O3. The van der Waals surface area contributed by atoms with Crippen LogP contribution >= 0.6 is 0 Å². The summed E-state index contributed by atoms with van der Waals surface area (Å²) in [7, 11) is 0. The first kappa shape index (κ1) is 15.3. The third kappa shape index (κ3) is 1.92. The third-order valence-corrected chi connectivity index (χ3v) is 7.65. The molecule has 0 unspecified atom stereocenters. The summed E-state index contributed by atoms with van der Waals surface area (Å²) < 4.78 is 0. The molecule has 0 spiro atoms. The van der Waals surface area contributed by atoms with Gasteiger partial charge in [0, 0.05) is 29.8 Å². The molecule has 0 aliphatic heterocycles. The zero-order valence-corrected chi connectivity index (χ0v) is 14.0. The molecule has 3 fully saturated rings. The molecule has 0 bridgehead atoms. The number of Topliss-reactive ketones (excluding diaryl/α,β-unsaturated/α-hetero) is 1. The summed E-state index contributed by atoms with van der Waals surface area (Å²) in [6.45, 7) is 4.51. The van der Waals surface area contributed by atoms with E-state index in [9.17, 15) is 14.7 Å². The summed E-state index contributed by atoms with van der Waals surface area (Å²) in [5.41, 5.74) is 0.853. The number of rotatable bonds is 1. The van der Waals surface area contributed by atoms with Gasteiger partial charge in [0.1, 0.15) is 5.78 Å². The Morgan fingerprint density at radius 1 is 1.22 bits per heavy atom. The van der Waals surface area contributed by atoms with Gasteiger partial charge in [0.15, 0.2) is 5.78 Å². The van der Waals surface area contributed by atoms with Gasteiger partial charge in [0.2, 0.25) is 0 Å². The molecule has 124 valence electrons. The quantitative estimate of drug-likeness (QED) is 0.809. The summed E-state index contributed by atoms with van der Waals surface area (Å²) in [4.78, 5) is 24.3. The van der Waals surface area contributed by atoms with Gasteiger partial charge in [-0.2, -0.15) is 0 Å². The van der Waals surface area contributed by atoms with Gasteiger partial charge in [-0.1, -0.05) is 25.5 Å². The molecule has 0 aromatic rings. The van der Waals surface area contributed by atoms with E-state index in [1.165, 1.54) is 0 Å². The van der Waals surface area contributed by atoms with Crippen molar-refractivity contribution in [1.29, 1.82) is 0 Å². The van der Waals surface area contributed by atoms with Gasteiger partial charge in [-0.25, -0.2) is 0 Å². The van der Waals surface area contributed by atoms with Gasteiger partial charge in [-0.3, -0.25) is 9.59 Å². The van der Waals surface area contributed by atoms with E-state index >= 15 is 0 Å². The Morgan fingerprint density at radius 2 is 2.00 bits per heavy atom. The zero-order chi connectivity index (χ0) is 16.4. The number of hydrogen-bond donors (Lipinski definition) is 1. The molecule has 0 amide bonds. The fraction of sp³-hybridized carbons (Fsp3) is 0.700. The minimum atomic E-state index is -0.146. The number of fused-ring (bicyclic) bond motifs is 5. The van der Waals surface area contributed by atoms with Crippen molar-refractivity contribution < 1.29 is 14.7 Å². The number of ketones is 2. The Balaban J connectivity index is 1.77. The van der Waals surface area contributed by atoms with Crippen LogP contribution in [0.15, 0.2) is 23.8 Å². The van der Waals surface area contributed by atoms with Crippen molar-refractivity contribution in [2.75, 3.05) is 6.61 Å². The Hall–Kier alpha value is -1.22. The van der Waals surface area contributed by atoms with Crippen LogP contribution in [0.2, 0.25) is 0 Å². The third-order valence-electron chi connectivity index (χ3n) is 7.65. The molecule has 0 aromatic heterocycles. The normalized spacial score (nSPS) is 48.6. The lowest BCUT2D eigenvalue weighted by Crippen LogP contribution is -2.52. The largest absolute Gasteiger partial charge is 0.396 e. The smallest absolute Gasteiger partial charge is 0.178 e. The van der Waals surface area contributed by atoms with Crippen LogP contribution in [0, 0.1) is 34.5 Å². The van der Waals surface area contributed by atoms with Crippen LogP contribution in [-0.4, -0.2) is 23.3 Å². The summed E-state index contributed by atoms with van der Waals surface area (Å²) in [5, 5.41) is 9.93. The van der Waals surface area contributed by atoms with Crippen molar-refractivity contribution >= 4 is 11.6 Å². The molecular weight excluding hydrogens is 288 g/mol. The van der Waals surface area contributed by atoms with E-state index < -0.39 is 0 Å². The highest BCUT2D eigenvalue weighted by molar-refractivity contribution is 6.01. The molecule has 0 saturated heterocycles. The average Bonchev–Trinajstić information content (AvgIpc) is 2.83. The van der Waals surface area contributed by atoms with Gasteiger partial charge < -0.3 is 5.11 Å². The summed E-state index contributed by atoms with van der Waals surface area (Å²) in [6, 6.07) is 0. The Bertz CT molecular complexity index is 631. The Labute approximate surface area is 137 Å². The summed E-state index contributed by atoms with van der Waals surface area (Å²) >= 11 is 0. The lowest BCUT2D eigenvalue weighted by Gasteiger charge is -2.57. The predicted octanol–water partition coefficient (Wildman–Crippen LogP) is 3.08. The molecule has 23 heavy (non-hydrogen) atoms. The average molecular weight is 314 g/mol. The van der Waals surface area contributed by atoms with E-state index in [1.807, 2.05) is 0 Å². The van der Waals surface area contributed by atoms with Crippen LogP contribution in [0.1, 0.15) is 46.0 Å². The van der Waals surface area contributed by atoms with Crippen LogP contribution in [0.5, 0.6) is 0 Å². The van der Waals surface area contributed by atoms with E-state index in [-0.39, 0.29) is 29.1 Å². The van der Waals surface area contributed by atoms with Crippen molar-refractivity contribution in [3.05, 3.63) is 23.8 Å². The second-order valence-electron chi connectivity index (χ2n) is 8.53. The van der Waals surface area contributed by atoms with Crippen LogP contribution in [-0.2, 0) is 9.59 Å². The summed E-state index contributed by atoms with van der Waals surface area (Å²) in [5.74, 6) is 1.98. The monoisotopic (exact) mass is 314 g/mol. The molecule has 0 heterocycles. The molecule has 4 aliphatic rings. The lowest BCUT2D eigenvalue weighted by molar-refractivity contribution is -0.132. The Kier molecular flexibility index (Phi) is 3.26. The topological polar surface area (TPSA) is 54.4 Å². The van der Waals surface area contributed by atoms with E-state index in [2.05, 4.69) is 19.9 Å². The van der Waals surface area contributed by atoms with Crippen molar-refractivity contribution in [1.82, 2.24) is 0 Å². The van der Waals surface area contributed by atoms with Gasteiger partial charge in [-0.15, -0.1) is 0 Å². The second-order valence-corrected chi connectivity index (χ2v) is 8.53. The van der Waals surface area contributed by atoms with E-state index in [0.29, 0.717) is 23.5 Å². The fourth-order valence-corrected chi connectivity index (χ4v) is 6.36. The van der Waals surface area contributed by atoms with E-state index in [4.69, 9.17) is 0 Å². The number of aliphatic hydroxyl groups excluding tert-OH is 1. The van der Waals surface area contributed by atoms with Crippen LogP contribution in [0.3, 0.4) is 0 Å². The van der Waals surface area contributed by atoms with Gasteiger partial charge >= 0.3 is 0 Å². The minimum Gasteiger partial charge on any atom is -0.396 e. The van der Waals surface area contributed by atoms with Crippen LogP contribution in [0.25, 0.3) is 0 Å². The highest BCUT2D eigenvalue weighted by atomic mass is 16.3. The molecule has 0 radical (unpaired) electrons. The fourth-order valence-electron chi connectivity index (χ4n) is 6.36. The number of allylic oxidation sites excluding steroid dienone is 3. The van der Waals surface area contributed by atoms with Crippen LogP contribution in [0.4, 0.5) is 0 Å². The maximum Gasteiger partial charge on any atom is 0.178 e. The first-order chi connectivity index (χ1) is 10.9. The first-order valence-electron chi connectivity index (χ1n) is 8.99. The molecule has 4 rings (SSSR count). The predicted molar refractivity (Wildman–Crippen MR) is 87.6 cm³/mol. The summed E-state index contributed by atoms with van der Waals surface area (Å²) in [6.07, 6.45) is 10.2. The number of hydrogen-bond acceptors (Lipinski definition) is 3. The molecule has 3 nitrogen and oxygen atoms in total. The van der Waals surface area contributed by atoms with Crippen molar-refractivity contribution in [2.45, 2.75) is 46.0 Å². The van der Waals surface area contributed by atoms with E-state index in [0.717, 1.165) is 37.7 Å². The van der Waals surface area contributed by atoms with Gasteiger partial charge in [-0.05, 0) is 55.6 Å². The molecule has 0 aromatic carbocycles. The van der Waals surface area contributed by atoms with E-state index in [1.54, 1.807) is 12.2 Å². The van der Waals surface area contributed by atoms with Crippen LogP contribution < -0.4 is 0 Å². The number of aliphatic hydroxyl groups is 1. The van der Waals surface area contributed by atoms with Crippen molar-refractivity contribution in [3.8, 4) is 0 Å². The highest BCUT2D eigenvalue weighted by Gasteiger charge is 2.59. The molecule has 6 atom stereocenters.